The quantitative estimate of drug-likeness (QED) is 0.229. The fourth-order valence-corrected chi connectivity index (χ4v) is 4.89. The maximum absolute atomic E-state index is 13.1. The van der Waals surface area contributed by atoms with Crippen molar-refractivity contribution in [2.24, 2.45) is 0 Å². The SMILES string of the molecule is Cc1cc(C(=O)CSc2nc3ccccc3c(=O)n2CCCO)c(C)n1Cc1ccccc1. The van der Waals surface area contributed by atoms with E-state index in [1.807, 2.05) is 50.2 Å². The van der Waals surface area contributed by atoms with Crippen LogP contribution in [0.3, 0.4) is 0 Å². The summed E-state index contributed by atoms with van der Waals surface area (Å²) in [5.41, 5.74) is 4.31. The molecule has 0 atom stereocenters. The summed E-state index contributed by atoms with van der Waals surface area (Å²) in [6.45, 7) is 5.04. The summed E-state index contributed by atoms with van der Waals surface area (Å²) in [7, 11) is 0. The van der Waals surface area contributed by atoms with E-state index in [9.17, 15) is 14.7 Å². The number of aliphatic hydroxyl groups excluding tert-OH is 1. The third kappa shape index (κ3) is 4.94. The second kappa shape index (κ2) is 10.2. The van der Waals surface area contributed by atoms with Crippen LogP contribution in [0.1, 0.15) is 33.7 Å². The number of benzene rings is 2. The van der Waals surface area contributed by atoms with Crippen LogP contribution in [0.25, 0.3) is 10.9 Å². The van der Waals surface area contributed by atoms with Crippen LogP contribution in [0.4, 0.5) is 0 Å². The highest BCUT2D eigenvalue weighted by molar-refractivity contribution is 7.99. The first-order valence-electron chi connectivity index (χ1n) is 11.0. The van der Waals surface area contributed by atoms with Crippen molar-refractivity contribution in [1.29, 1.82) is 0 Å². The average molecular weight is 462 g/mol. The van der Waals surface area contributed by atoms with E-state index >= 15 is 0 Å². The zero-order valence-electron chi connectivity index (χ0n) is 18.8. The van der Waals surface area contributed by atoms with E-state index in [0.717, 1.165) is 11.4 Å². The number of ketones is 1. The zero-order valence-corrected chi connectivity index (χ0v) is 19.6. The van der Waals surface area contributed by atoms with Crippen molar-refractivity contribution >= 4 is 28.4 Å². The van der Waals surface area contributed by atoms with Crippen LogP contribution in [0.15, 0.2) is 70.6 Å². The number of aromatic nitrogens is 3. The molecule has 0 aliphatic rings. The fourth-order valence-electron chi connectivity index (χ4n) is 3.98. The van der Waals surface area contributed by atoms with E-state index in [0.29, 0.717) is 41.1 Å². The molecule has 7 heteroatoms. The number of Topliss-reactive ketones (excluding diaryl/α,β-unsaturated/α-hetero) is 1. The van der Waals surface area contributed by atoms with E-state index in [4.69, 9.17) is 0 Å². The van der Waals surface area contributed by atoms with Gasteiger partial charge in [-0.25, -0.2) is 4.98 Å². The predicted octanol–water partition coefficient (Wildman–Crippen LogP) is 4.22. The molecular weight excluding hydrogens is 434 g/mol. The topological polar surface area (TPSA) is 77.1 Å². The van der Waals surface area contributed by atoms with Gasteiger partial charge in [-0.1, -0.05) is 54.2 Å². The van der Waals surface area contributed by atoms with Gasteiger partial charge < -0.3 is 9.67 Å². The molecule has 0 saturated heterocycles. The van der Waals surface area contributed by atoms with Crippen LogP contribution < -0.4 is 5.56 Å². The summed E-state index contributed by atoms with van der Waals surface area (Å²) in [4.78, 5) is 30.8. The highest BCUT2D eigenvalue weighted by atomic mass is 32.2. The predicted molar refractivity (Wildman–Crippen MR) is 132 cm³/mol. The van der Waals surface area contributed by atoms with E-state index in [-0.39, 0.29) is 23.7 Å². The molecule has 0 aliphatic carbocycles. The fraction of sp³-hybridized carbons (Fsp3) is 0.269. The molecule has 0 unspecified atom stereocenters. The van der Waals surface area contributed by atoms with Crippen LogP contribution in [-0.4, -0.2) is 37.4 Å². The number of thioether (sulfide) groups is 1. The Hall–Kier alpha value is -3.16. The van der Waals surface area contributed by atoms with Crippen LogP contribution >= 0.6 is 11.8 Å². The number of rotatable bonds is 9. The van der Waals surface area contributed by atoms with Crippen LogP contribution in [0.2, 0.25) is 0 Å². The van der Waals surface area contributed by atoms with Crippen LogP contribution in [0, 0.1) is 13.8 Å². The summed E-state index contributed by atoms with van der Waals surface area (Å²) >= 11 is 1.27. The van der Waals surface area contributed by atoms with Crippen molar-refractivity contribution in [2.75, 3.05) is 12.4 Å². The Kier molecular flexibility index (Phi) is 7.11. The third-order valence-corrected chi connectivity index (χ3v) is 6.73. The summed E-state index contributed by atoms with van der Waals surface area (Å²) in [5, 5.41) is 10.3. The number of hydrogen-bond acceptors (Lipinski definition) is 5. The van der Waals surface area contributed by atoms with Crippen LogP contribution in [0.5, 0.6) is 0 Å². The van der Waals surface area contributed by atoms with Crippen molar-refractivity contribution in [1.82, 2.24) is 14.1 Å². The lowest BCUT2D eigenvalue weighted by atomic mass is 10.2. The second-order valence-corrected chi connectivity index (χ2v) is 8.96. The molecule has 4 aromatic rings. The van der Waals surface area contributed by atoms with Crippen molar-refractivity contribution in [2.45, 2.75) is 38.5 Å². The standard InChI is InChI=1S/C26H27N3O3S/c1-18-15-22(19(2)29(18)16-20-9-4-3-5-10-20)24(31)17-33-26-27-23-12-7-6-11-21(23)25(32)28(26)13-8-14-30/h3-7,9-12,15,30H,8,13-14,16-17H2,1-2H3. The number of aryl methyl sites for hydroxylation is 1. The van der Waals surface area contributed by atoms with Crippen LogP contribution in [-0.2, 0) is 13.1 Å². The molecule has 33 heavy (non-hydrogen) atoms. The zero-order chi connectivity index (χ0) is 23.4. The third-order valence-electron chi connectivity index (χ3n) is 5.76. The van der Waals surface area contributed by atoms with Crippen molar-refractivity contribution in [3.63, 3.8) is 0 Å². The summed E-state index contributed by atoms with van der Waals surface area (Å²) in [5.74, 6) is 0.183. The summed E-state index contributed by atoms with van der Waals surface area (Å²) in [6, 6.07) is 19.3. The Labute approximate surface area is 196 Å². The molecule has 2 aromatic carbocycles. The normalized spacial score (nSPS) is 11.2. The molecular formula is C26H27N3O3S. The molecule has 0 amide bonds. The molecule has 4 rings (SSSR count). The van der Waals surface area contributed by atoms with Gasteiger partial charge in [0.05, 0.1) is 16.7 Å². The number of aliphatic hydroxyl groups is 1. The molecule has 0 fully saturated rings. The van der Waals surface area contributed by atoms with Crippen molar-refractivity contribution < 1.29 is 9.90 Å². The molecule has 170 valence electrons. The Bertz CT molecular complexity index is 1340. The van der Waals surface area contributed by atoms with Gasteiger partial charge in [0.2, 0.25) is 0 Å². The van der Waals surface area contributed by atoms with Gasteiger partial charge in [0.15, 0.2) is 10.9 Å². The van der Waals surface area contributed by atoms with E-state index in [1.165, 1.54) is 17.3 Å². The summed E-state index contributed by atoms with van der Waals surface area (Å²) in [6.07, 6.45) is 0.447. The van der Waals surface area contributed by atoms with Gasteiger partial charge in [-0.05, 0) is 44.0 Å². The first-order valence-corrected chi connectivity index (χ1v) is 11.9. The maximum atomic E-state index is 13.1. The minimum absolute atomic E-state index is 0.00327. The van der Waals surface area contributed by atoms with E-state index in [2.05, 4.69) is 21.7 Å². The molecule has 0 saturated carbocycles. The number of carbonyl (C=O) groups excluding carboxylic acids is 1. The Morgan fingerprint density at radius 3 is 2.52 bits per heavy atom. The van der Waals surface area contributed by atoms with Gasteiger partial charge in [-0.15, -0.1) is 0 Å². The summed E-state index contributed by atoms with van der Waals surface area (Å²) < 4.78 is 3.72. The minimum Gasteiger partial charge on any atom is -0.396 e. The molecule has 6 nitrogen and oxygen atoms in total. The average Bonchev–Trinajstić information content (AvgIpc) is 3.11. The first kappa shape index (κ1) is 23.0. The molecule has 2 heterocycles. The molecule has 0 bridgehead atoms. The van der Waals surface area contributed by atoms with Crippen molar-refractivity contribution in [3.8, 4) is 0 Å². The Morgan fingerprint density at radius 2 is 1.76 bits per heavy atom. The van der Waals surface area contributed by atoms with Gasteiger partial charge in [0.25, 0.3) is 5.56 Å². The highest BCUT2D eigenvalue weighted by Gasteiger charge is 2.18. The number of fused-ring (bicyclic) bond motifs is 1. The lowest BCUT2D eigenvalue weighted by Gasteiger charge is -2.12. The smallest absolute Gasteiger partial charge is 0.262 e. The minimum atomic E-state index is -0.148. The molecule has 0 aliphatic heterocycles. The lowest BCUT2D eigenvalue weighted by Crippen LogP contribution is -2.24. The number of carbonyl (C=O) groups is 1. The van der Waals surface area contributed by atoms with Crippen molar-refractivity contribution in [3.05, 3.63) is 93.5 Å². The van der Waals surface area contributed by atoms with Gasteiger partial charge >= 0.3 is 0 Å². The van der Waals surface area contributed by atoms with Gasteiger partial charge in [0, 0.05) is 36.6 Å². The second-order valence-electron chi connectivity index (χ2n) is 8.01. The highest BCUT2D eigenvalue weighted by Crippen LogP contribution is 2.23. The largest absolute Gasteiger partial charge is 0.396 e. The van der Waals surface area contributed by atoms with Gasteiger partial charge in [-0.2, -0.15) is 0 Å². The first-order chi connectivity index (χ1) is 16.0. The lowest BCUT2D eigenvalue weighted by molar-refractivity contribution is 0.102. The van der Waals surface area contributed by atoms with E-state index < -0.39 is 0 Å². The molecule has 0 radical (unpaired) electrons. The number of nitrogens with zero attached hydrogens (tertiary/aromatic N) is 3. The Morgan fingerprint density at radius 1 is 1.03 bits per heavy atom. The monoisotopic (exact) mass is 461 g/mol. The maximum Gasteiger partial charge on any atom is 0.262 e. The molecule has 0 spiro atoms. The molecule has 1 N–H and O–H groups in total. The van der Waals surface area contributed by atoms with Gasteiger partial charge in [0.1, 0.15) is 0 Å². The van der Waals surface area contributed by atoms with E-state index in [1.54, 1.807) is 16.7 Å². The van der Waals surface area contributed by atoms with Gasteiger partial charge in [-0.3, -0.25) is 14.2 Å². The number of hydrogen-bond donors (Lipinski definition) is 1. The number of para-hydroxylation sites is 1. The molecule has 2 aromatic heterocycles. The Balaban J connectivity index is 1.58.